The van der Waals surface area contributed by atoms with E-state index in [-0.39, 0.29) is 0 Å². The molecule has 2 aromatic heterocycles. The van der Waals surface area contributed by atoms with Crippen molar-refractivity contribution in [2.75, 3.05) is 20.3 Å². The molecule has 166 valence electrons. The van der Waals surface area contributed by atoms with Gasteiger partial charge in [0, 0.05) is 60.7 Å². The van der Waals surface area contributed by atoms with E-state index in [4.69, 9.17) is 19.7 Å². The van der Waals surface area contributed by atoms with Gasteiger partial charge in [0.15, 0.2) is 0 Å². The molecule has 0 aromatic carbocycles. The topological polar surface area (TPSA) is 67.6 Å². The Morgan fingerprint density at radius 1 is 1.37 bits per heavy atom. The van der Waals surface area contributed by atoms with E-state index in [0.717, 1.165) is 38.7 Å². The molecule has 4 rings (SSSR count). The number of carbonyl (C=O) groups is 1. The minimum Gasteiger partial charge on any atom is -0.475 e. The summed E-state index contributed by atoms with van der Waals surface area (Å²) in [5, 5.41) is 12.0. The first kappa shape index (κ1) is 22.8. The molecular formula is C20H26F3N3O3S. The van der Waals surface area contributed by atoms with E-state index in [1.54, 1.807) is 7.11 Å². The molecule has 10 heteroatoms. The Balaban J connectivity index is 0.000000318. The summed E-state index contributed by atoms with van der Waals surface area (Å²) in [7, 11) is 1.80. The Morgan fingerprint density at radius 2 is 2.07 bits per heavy atom. The number of nitrogens with zero attached hydrogens (tertiary/aromatic N) is 3. The van der Waals surface area contributed by atoms with Crippen molar-refractivity contribution >= 4 is 17.3 Å². The first-order chi connectivity index (χ1) is 14.2. The third-order valence-electron chi connectivity index (χ3n) is 5.09. The zero-order chi connectivity index (χ0) is 21.9. The molecule has 1 atom stereocenters. The summed E-state index contributed by atoms with van der Waals surface area (Å²) >= 11 is 1.90. The number of aromatic nitrogens is 2. The van der Waals surface area contributed by atoms with Crippen LogP contribution in [0.2, 0.25) is 0 Å². The van der Waals surface area contributed by atoms with Gasteiger partial charge in [-0.3, -0.25) is 9.58 Å². The SMILES string of the molecule is COCC1CN(Cc2ccc(C)s2)Cc2nn(CC3CC3)cc21.O=C(O)C(F)(F)F. The number of carboxylic acids is 1. The molecule has 0 radical (unpaired) electrons. The Kier molecular flexibility index (Phi) is 7.20. The number of aliphatic carboxylic acids is 1. The van der Waals surface area contributed by atoms with Crippen molar-refractivity contribution in [1.82, 2.24) is 14.7 Å². The van der Waals surface area contributed by atoms with E-state index < -0.39 is 12.1 Å². The number of rotatable bonds is 6. The fourth-order valence-corrected chi connectivity index (χ4v) is 4.47. The summed E-state index contributed by atoms with van der Waals surface area (Å²) < 4.78 is 39.4. The highest BCUT2D eigenvalue weighted by atomic mass is 32.1. The van der Waals surface area contributed by atoms with Gasteiger partial charge in [0.25, 0.3) is 0 Å². The lowest BCUT2D eigenvalue weighted by Gasteiger charge is -2.31. The number of fused-ring (bicyclic) bond motifs is 1. The molecule has 6 nitrogen and oxygen atoms in total. The van der Waals surface area contributed by atoms with Gasteiger partial charge in [-0.15, -0.1) is 11.3 Å². The number of alkyl halides is 3. The molecule has 1 aliphatic carbocycles. The minimum absolute atomic E-state index is 0.442. The van der Waals surface area contributed by atoms with Crippen molar-refractivity contribution in [2.45, 2.75) is 51.5 Å². The quantitative estimate of drug-likeness (QED) is 0.727. The van der Waals surface area contributed by atoms with Gasteiger partial charge in [0.2, 0.25) is 0 Å². The first-order valence-electron chi connectivity index (χ1n) is 9.78. The second-order valence-corrected chi connectivity index (χ2v) is 9.21. The van der Waals surface area contributed by atoms with Crippen LogP contribution < -0.4 is 0 Å². The highest BCUT2D eigenvalue weighted by molar-refractivity contribution is 7.11. The van der Waals surface area contributed by atoms with Crippen LogP contribution in [0.1, 0.15) is 39.8 Å². The number of methoxy groups -OCH3 is 1. The van der Waals surface area contributed by atoms with E-state index >= 15 is 0 Å². The van der Waals surface area contributed by atoms with Crippen molar-refractivity contribution in [3.8, 4) is 0 Å². The summed E-state index contributed by atoms with van der Waals surface area (Å²) in [6.07, 6.45) is -0.0598. The molecule has 2 aliphatic rings. The average molecular weight is 446 g/mol. The number of ether oxygens (including phenoxy) is 1. The smallest absolute Gasteiger partial charge is 0.475 e. The van der Waals surface area contributed by atoms with Crippen LogP contribution in [0.3, 0.4) is 0 Å². The largest absolute Gasteiger partial charge is 0.490 e. The van der Waals surface area contributed by atoms with Crippen LogP contribution in [0.25, 0.3) is 0 Å². The monoisotopic (exact) mass is 445 g/mol. The predicted molar refractivity (Wildman–Crippen MR) is 106 cm³/mol. The van der Waals surface area contributed by atoms with Crippen molar-refractivity contribution in [3.05, 3.63) is 39.3 Å². The standard InChI is InChI=1S/C18H25N3OS.C2HF3O2/c1-13-3-6-16(23-13)9-20-8-15(12-22-2)17-10-21(7-14-4-5-14)19-18(17)11-20;3-2(4,5)1(6)7/h3,6,10,14-15H,4-5,7-9,11-12H2,1-2H3;(H,6,7). The zero-order valence-corrected chi connectivity index (χ0v) is 17.8. The minimum atomic E-state index is -5.08. The zero-order valence-electron chi connectivity index (χ0n) is 17.0. The molecule has 3 heterocycles. The van der Waals surface area contributed by atoms with E-state index in [2.05, 4.69) is 34.8 Å². The third-order valence-corrected chi connectivity index (χ3v) is 6.08. The van der Waals surface area contributed by atoms with Crippen molar-refractivity contribution in [1.29, 1.82) is 0 Å². The van der Waals surface area contributed by atoms with Crippen LogP contribution in [0, 0.1) is 12.8 Å². The van der Waals surface area contributed by atoms with Crippen LogP contribution >= 0.6 is 11.3 Å². The fourth-order valence-electron chi connectivity index (χ4n) is 3.54. The maximum absolute atomic E-state index is 10.6. The number of hydrogen-bond donors (Lipinski definition) is 1. The van der Waals surface area contributed by atoms with E-state index in [0.29, 0.717) is 5.92 Å². The van der Waals surface area contributed by atoms with Gasteiger partial charge in [-0.2, -0.15) is 18.3 Å². The van der Waals surface area contributed by atoms with Gasteiger partial charge < -0.3 is 9.84 Å². The van der Waals surface area contributed by atoms with Gasteiger partial charge in [0.1, 0.15) is 0 Å². The Hall–Kier alpha value is -1.91. The van der Waals surface area contributed by atoms with E-state index in [1.807, 2.05) is 11.3 Å². The lowest BCUT2D eigenvalue weighted by atomic mass is 9.95. The van der Waals surface area contributed by atoms with Gasteiger partial charge in [-0.1, -0.05) is 0 Å². The molecule has 1 unspecified atom stereocenters. The van der Waals surface area contributed by atoms with Crippen LogP contribution in [0.4, 0.5) is 13.2 Å². The normalized spacial score (nSPS) is 19.2. The molecule has 0 bridgehead atoms. The molecule has 1 saturated carbocycles. The summed E-state index contributed by atoms with van der Waals surface area (Å²) in [5.74, 6) is -1.45. The van der Waals surface area contributed by atoms with Crippen LogP contribution in [0.15, 0.2) is 18.3 Å². The molecule has 0 saturated heterocycles. The number of carboxylic acid groups (broad SMARTS) is 1. The second-order valence-electron chi connectivity index (χ2n) is 7.83. The number of hydrogen-bond acceptors (Lipinski definition) is 5. The van der Waals surface area contributed by atoms with E-state index in [9.17, 15) is 13.2 Å². The molecule has 2 aromatic rings. The van der Waals surface area contributed by atoms with Crippen LogP contribution in [-0.2, 0) is 29.2 Å². The molecule has 30 heavy (non-hydrogen) atoms. The van der Waals surface area contributed by atoms with Crippen LogP contribution in [0.5, 0.6) is 0 Å². The van der Waals surface area contributed by atoms with Crippen molar-refractivity contribution in [2.24, 2.45) is 5.92 Å². The third kappa shape index (κ3) is 6.29. The summed E-state index contributed by atoms with van der Waals surface area (Å²) in [6.45, 7) is 7.10. The Labute approximate surface area is 177 Å². The first-order valence-corrected chi connectivity index (χ1v) is 10.6. The summed E-state index contributed by atoms with van der Waals surface area (Å²) in [5.41, 5.74) is 2.67. The number of thiophene rings is 1. The van der Waals surface area contributed by atoms with E-state index in [1.165, 1.54) is 33.9 Å². The fraction of sp³-hybridized carbons (Fsp3) is 0.600. The molecule has 0 spiro atoms. The lowest BCUT2D eigenvalue weighted by Crippen LogP contribution is -2.34. The highest BCUT2D eigenvalue weighted by Crippen LogP contribution is 2.33. The van der Waals surface area contributed by atoms with Gasteiger partial charge in [-0.05, 0) is 37.8 Å². The predicted octanol–water partition coefficient (Wildman–Crippen LogP) is 4.04. The Morgan fingerprint density at radius 3 is 2.60 bits per heavy atom. The molecule has 0 amide bonds. The molecule has 1 aliphatic heterocycles. The van der Waals surface area contributed by atoms with Crippen molar-refractivity contribution < 1.29 is 27.8 Å². The van der Waals surface area contributed by atoms with Gasteiger partial charge in [0.05, 0.1) is 12.3 Å². The number of halogens is 3. The molecular weight excluding hydrogens is 419 g/mol. The van der Waals surface area contributed by atoms with Gasteiger partial charge >= 0.3 is 12.1 Å². The maximum atomic E-state index is 10.6. The Bertz CT molecular complexity index is 861. The molecule has 1 N–H and O–H groups in total. The highest BCUT2D eigenvalue weighted by Gasteiger charge is 2.38. The average Bonchev–Trinajstić information content (AvgIpc) is 3.22. The number of aryl methyl sites for hydroxylation is 1. The van der Waals surface area contributed by atoms with Gasteiger partial charge in [-0.25, -0.2) is 4.79 Å². The van der Waals surface area contributed by atoms with Crippen LogP contribution in [-0.4, -0.2) is 52.2 Å². The summed E-state index contributed by atoms with van der Waals surface area (Å²) in [4.78, 5) is 14.2. The summed E-state index contributed by atoms with van der Waals surface area (Å²) in [6, 6.07) is 4.47. The second kappa shape index (κ2) is 9.49. The van der Waals surface area contributed by atoms with Crippen molar-refractivity contribution in [3.63, 3.8) is 0 Å². The lowest BCUT2D eigenvalue weighted by molar-refractivity contribution is -0.192. The molecule has 1 fully saturated rings. The maximum Gasteiger partial charge on any atom is 0.490 e.